The molecule has 0 radical (unpaired) electrons. The molecule has 1 saturated heterocycles. The summed E-state index contributed by atoms with van der Waals surface area (Å²) < 4.78 is 6.15. The van der Waals surface area contributed by atoms with Gasteiger partial charge in [-0.3, -0.25) is 0 Å². The van der Waals surface area contributed by atoms with Crippen LogP contribution in [0.25, 0.3) is 0 Å². The molecule has 0 spiro atoms. The van der Waals surface area contributed by atoms with Crippen molar-refractivity contribution in [3.63, 3.8) is 0 Å². The van der Waals surface area contributed by atoms with Crippen LogP contribution in [-0.4, -0.2) is 27.0 Å². The molecule has 0 saturated carbocycles. The molecule has 2 unspecified atom stereocenters. The van der Waals surface area contributed by atoms with E-state index in [4.69, 9.17) is 15.9 Å². The second-order valence-corrected chi connectivity index (χ2v) is 9.51. The summed E-state index contributed by atoms with van der Waals surface area (Å²) in [6.45, 7) is 5.37. The van der Waals surface area contributed by atoms with Crippen LogP contribution in [0.3, 0.4) is 0 Å². The van der Waals surface area contributed by atoms with E-state index in [-0.39, 0.29) is 6.04 Å². The van der Waals surface area contributed by atoms with Gasteiger partial charge in [-0.15, -0.1) is 0 Å². The van der Waals surface area contributed by atoms with E-state index in [0.717, 1.165) is 32.2 Å². The number of nitrogens with two attached hydrogens (primary N) is 2. The molecular formula is C11H26N2OSi. The van der Waals surface area contributed by atoms with E-state index in [1.165, 1.54) is 12.5 Å². The van der Waals surface area contributed by atoms with Gasteiger partial charge in [0.05, 0.1) is 6.10 Å². The summed E-state index contributed by atoms with van der Waals surface area (Å²) in [5.41, 5.74) is 11.6. The molecule has 1 heterocycles. The molecule has 1 fully saturated rings. The minimum atomic E-state index is -1.37. The predicted molar refractivity (Wildman–Crippen MR) is 67.3 cm³/mol. The Kier molecular flexibility index (Phi) is 5.25. The summed E-state index contributed by atoms with van der Waals surface area (Å²) in [7, 11) is -1.37. The number of hydrogen-bond acceptors (Lipinski definition) is 3. The average molecular weight is 230 g/mol. The fraction of sp³-hybridized carbons (Fsp3) is 1.00. The highest BCUT2D eigenvalue weighted by atomic mass is 28.4. The first-order valence-electron chi connectivity index (χ1n) is 6.18. The lowest BCUT2D eigenvalue weighted by molar-refractivity contribution is 0.128. The summed E-state index contributed by atoms with van der Waals surface area (Å²) in [5, 5.41) is 0. The molecule has 0 bridgehead atoms. The lowest BCUT2D eigenvalue weighted by Gasteiger charge is -2.37. The molecule has 0 aromatic rings. The first-order valence-corrected chi connectivity index (χ1v) is 9.30. The van der Waals surface area contributed by atoms with E-state index in [2.05, 4.69) is 13.1 Å². The molecule has 15 heavy (non-hydrogen) atoms. The molecule has 4 N–H and O–H groups in total. The number of unbranched alkanes of at least 4 members (excludes halogenated alkanes) is 1. The first-order chi connectivity index (χ1) is 7.05. The van der Waals surface area contributed by atoms with E-state index in [1.54, 1.807) is 0 Å². The van der Waals surface area contributed by atoms with Crippen molar-refractivity contribution in [3.8, 4) is 0 Å². The van der Waals surface area contributed by atoms with Crippen LogP contribution in [0.15, 0.2) is 0 Å². The zero-order chi connectivity index (χ0) is 11.3. The minimum absolute atomic E-state index is 0.226. The van der Waals surface area contributed by atoms with Crippen molar-refractivity contribution in [2.75, 3.05) is 6.54 Å². The largest absolute Gasteiger partial charge is 0.413 e. The van der Waals surface area contributed by atoms with Crippen LogP contribution in [0.1, 0.15) is 32.1 Å². The van der Waals surface area contributed by atoms with Crippen molar-refractivity contribution < 1.29 is 4.43 Å². The molecule has 0 aromatic carbocycles. The van der Waals surface area contributed by atoms with Gasteiger partial charge in [0, 0.05) is 6.04 Å². The van der Waals surface area contributed by atoms with Crippen LogP contribution in [-0.2, 0) is 4.43 Å². The topological polar surface area (TPSA) is 61.3 Å². The van der Waals surface area contributed by atoms with Crippen LogP contribution in [0.4, 0.5) is 0 Å². The standard InChI is InChI=1S/C11H26N2OSi/c1-15(2)9-5-7-11(14-15)10(13)6-3-4-8-12/h10-11H,3-9,12-13H2,1-2H3. The van der Waals surface area contributed by atoms with E-state index >= 15 is 0 Å². The molecular weight excluding hydrogens is 204 g/mol. The van der Waals surface area contributed by atoms with Crippen molar-refractivity contribution in [1.82, 2.24) is 0 Å². The van der Waals surface area contributed by atoms with E-state index in [9.17, 15) is 0 Å². The Balaban J connectivity index is 2.29. The van der Waals surface area contributed by atoms with Crippen LogP contribution in [0.5, 0.6) is 0 Å². The number of hydrogen-bond donors (Lipinski definition) is 2. The van der Waals surface area contributed by atoms with Crippen LogP contribution in [0.2, 0.25) is 19.1 Å². The van der Waals surface area contributed by atoms with Gasteiger partial charge in [0.2, 0.25) is 0 Å². The van der Waals surface area contributed by atoms with Crippen LogP contribution < -0.4 is 11.5 Å². The van der Waals surface area contributed by atoms with Crippen molar-refractivity contribution >= 4 is 8.32 Å². The zero-order valence-electron chi connectivity index (χ0n) is 10.2. The van der Waals surface area contributed by atoms with Gasteiger partial charge in [0.15, 0.2) is 8.32 Å². The number of rotatable bonds is 5. The Morgan fingerprint density at radius 2 is 2.13 bits per heavy atom. The summed E-state index contributed by atoms with van der Waals surface area (Å²) in [6, 6.07) is 1.52. The summed E-state index contributed by atoms with van der Waals surface area (Å²) >= 11 is 0. The van der Waals surface area contributed by atoms with Gasteiger partial charge in [0.25, 0.3) is 0 Å². The molecule has 3 nitrogen and oxygen atoms in total. The third-order valence-corrected chi connectivity index (χ3v) is 5.71. The Morgan fingerprint density at radius 3 is 2.73 bits per heavy atom. The monoisotopic (exact) mass is 230 g/mol. The van der Waals surface area contributed by atoms with Gasteiger partial charge < -0.3 is 15.9 Å². The van der Waals surface area contributed by atoms with Crippen molar-refractivity contribution in [2.24, 2.45) is 11.5 Å². The summed E-state index contributed by atoms with van der Waals surface area (Å²) in [6.07, 6.45) is 6.06. The Hall–Kier alpha value is 0.0969. The molecule has 0 aliphatic carbocycles. The maximum Gasteiger partial charge on any atom is 0.187 e. The van der Waals surface area contributed by atoms with E-state index in [0.29, 0.717) is 6.10 Å². The second kappa shape index (κ2) is 5.99. The summed E-state index contributed by atoms with van der Waals surface area (Å²) in [5.74, 6) is 0. The van der Waals surface area contributed by atoms with Crippen LogP contribution in [0, 0.1) is 0 Å². The highest BCUT2D eigenvalue weighted by Crippen LogP contribution is 2.27. The van der Waals surface area contributed by atoms with Crippen molar-refractivity contribution in [3.05, 3.63) is 0 Å². The fourth-order valence-corrected chi connectivity index (χ4v) is 4.55. The van der Waals surface area contributed by atoms with Gasteiger partial charge in [-0.1, -0.05) is 12.8 Å². The zero-order valence-corrected chi connectivity index (χ0v) is 11.2. The van der Waals surface area contributed by atoms with Crippen molar-refractivity contribution in [2.45, 2.75) is 63.4 Å². The van der Waals surface area contributed by atoms with Gasteiger partial charge in [0.1, 0.15) is 0 Å². The van der Waals surface area contributed by atoms with E-state index in [1.807, 2.05) is 0 Å². The maximum absolute atomic E-state index is 6.17. The van der Waals surface area contributed by atoms with Gasteiger partial charge in [-0.25, -0.2) is 0 Å². The van der Waals surface area contributed by atoms with Crippen molar-refractivity contribution in [1.29, 1.82) is 0 Å². The molecule has 1 aliphatic rings. The third kappa shape index (κ3) is 4.63. The highest BCUT2D eigenvalue weighted by molar-refractivity contribution is 6.71. The van der Waals surface area contributed by atoms with Gasteiger partial charge >= 0.3 is 0 Å². The van der Waals surface area contributed by atoms with E-state index < -0.39 is 8.32 Å². The van der Waals surface area contributed by atoms with Gasteiger partial charge in [-0.05, 0) is 44.9 Å². The van der Waals surface area contributed by atoms with Crippen LogP contribution >= 0.6 is 0 Å². The lowest BCUT2D eigenvalue weighted by atomic mass is 10.0. The second-order valence-electron chi connectivity index (χ2n) is 5.26. The highest BCUT2D eigenvalue weighted by Gasteiger charge is 2.33. The molecule has 1 rings (SSSR count). The Bertz CT molecular complexity index is 187. The maximum atomic E-state index is 6.17. The molecule has 0 amide bonds. The molecule has 2 atom stereocenters. The first kappa shape index (κ1) is 13.2. The molecule has 4 heteroatoms. The third-order valence-electron chi connectivity index (χ3n) is 3.21. The molecule has 0 aromatic heterocycles. The molecule has 90 valence electrons. The summed E-state index contributed by atoms with van der Waals surface area (Å²) in [4.78, 5) is 0. The Morgan fingerprint density at radius 1 is 1.40 bits per heavy atom. The Labute approximate surface area is 94.7 Å². The predicted octanol–water partition coefficient (Wildman–Crippen LogP) is 1.83. The quantitative estimate of drug-likeness (QED) is 0.559. The lowest BCUT2D eigenvalue weighted by Crippen LogP contribution is -2.47. The van der Waals surface area contributed by atoms with Gasteiger partial charge in [-0.2, -0.15) is 0 Å². The minimum Gasteiger partial charge on any atom is -0.413 e. The smallest absolute Gasteiger partial charge is 0.187 e. The average Bonchev–Trinajstić information content (AvgIpc) is 2.16. The molecule has 1 aliphatic heterocycles. The fourth-order valence-electron chi connectivity index (χ4n) is 2.27. The SMILES string of the molecule is C[Si]1(C)CCCC(C(N)CCCCN)O1. The normalized spacial score (nSPS) is 27.6.